The Bertz CT molecular complexity index is 597. The van der Waals surface area contributed by atoms with E-state index in [1.165, 1.54) is 36.9 Å². The first-order valence-electron chi connectivity index (χ1n) is 8.33. The molecule has 1 unspecified atom stereocenters. The van der Waals surface area contributed by atoms with Crippen LogP contribution in [0, 0.1) is 0 Å². The zero-order valence-electron chi connectivity index (χ0n) is 14.0. The molecular formula is C18H25N5. The van der Waals surface area contributed by atoms with Crippen molar-refractivity contribution in [2.45, 2.75) is 38.3 Å². The molecular weight excluding hydrogens is 286 g/mol. The van der Waals surface area contributed by atoms with E-state index in [0.717, 1.165) is 18.9 Å². The Balaban J connectivity index is 1.56. The largest absolute Gasteiger partial charge is 0.347 e. The molecule has 1 aliphatic heterocycles. The fraction of sp³-hybridized carbons (Fsp3) is 0.500. The van der Waals surface area contributed by atoms with Gasteiger partial charge in [-0.3, -0.25) is 9.88 Å². The SMILES string of the molecule is CN(C)c1ncc(CN2CCCC2CCc2ccncc2)cn1. The molecule has 1 atom stereocenters. The standard InChI is InChI=1S/C18H25N5/c1-22(2)18-20-12-16(13-21-18)14-23-11-3-4-17(23)6-5-15-7-9-19-10-8-15/h7-10,12-13,17H,3-6,11,14H2,1-2H3. The van der Waals surface area contributed by atoms with Gasteiger partial charge in [-0.15, -0.1) is 0 Å². The van der Waals surface area contributed by atoms with Gasteiger partial charge in [-0.2, -0.15) is 0 Å². The molecule has 0 aliphatic carbocycles. The van der Waals surface area contributed by atoms with Gasteiger partial charge in [-0.25, -0.2) is 9.97 Å². The summed E-state index contributed by atoms with van der Waals surface area (Å²) in [5.41, 5.74) is 2.58. The van der Waals surface area contributed by atoms with Crippen molar-refractivity contribution in [3.05, 3.63) is 48.0 Å². The number of likely N-dealkylation sites (tertiary alicyclic amines) is 1. The Hall–Kier alpha value is -2.01. The van der Waals surface area contributed by atoms with Gasteiger partial charge in [0, 0.05) is 57.0 Å². The second kappa shape index (κ2) is 7.51. The fourth-order valence-corrected chi connectivity index (χ4v) is 3.21. The molecule has 1 fully saturated rings. The van der Waals surface area contributed by atoms with Gasteiger partial charge in [-0.05, 0) is 49.9 Å². The Morgan fingerprint density at radius 3 is 2.57 bits per heavy atom. The maximum atomic E-state index is 4.42. The van der Waals surface area contributed by atoms with Crippen molar-refractivity contribution in [1.82, 2.24) is 19.9 Å². The van der Waals surface area contributed by atoms with Crippen LogP contribution in [-0.2, 0) is 13.0 Å². The average molecular weight is 311 g/mol. The number of pyridine rings is 1. The second-order valence-corrected chi connectivity index (χ2v) is 6.45. The summed E-state index contributed by atoms with van der Waals surface area (Å²) in [6.45, 7) is 2.13. The van der Waals surface area contributed by atoms with E-state index in [4.69, 9.17) is 0 Å². The summed E-state index contributed by atoms with van der Waals surface area (Å²) in [7, 11) is 3.93. The van der Waals surface area contributed by atoms with Crippen LogP contribution in [0.1, 0.15) is 30.4 Å². The average Bonchev–Trinajstić information content (AvgIpc) is 3.01. The molecule has 2 aromatic heterocycles. The Labute approximate surface area is 138 Å². The second-order valence-electron chi connectivity index (χ2n) is 6.45. The molecule has 3 heterocycles. The minimum absolute atomic E-state index is 0.664. The van der Waals surface area contributed by atoms with Crippen LogP contribution in [-0.4, -0.2) is 46.5 Å². The van der Waals surface area contributed by atoms with Gasteiger partial charge in [0.05, 0.1) is 0 Å². The summed E-state index contributed by atoms with van der Waals surface area (Å²) in [5.74, 6) is 0.768. The zero-order valence-corrected chi connectivity index (χ0v) is 14.0. The lowest BCUT2D eigenvalue weighted by molar-refractivity contribution is 0.234. The lowest BCUT2D eigenvalue weighted by Gasteiger charge is -2.24. The lowest BCUT2D eigenvalue weighted by atomic mass is 10.0. The molecule has 1 aliphatic rings. The minimum atomic E-state index is 0.664. The lowest BCUT2D eigenvalue weighted by Crippen LogP contribution is -2.29. The van der Waals surface area contributed by atoms with E-state index in [2.05, 4.69) is 32.0 Å². The normalized spacial score (nSPS) is 18.3. The van der Waals surface area contributed by atoms with E-state index in [-0.39, 0.29) is 0 Å². The Kier molecular flexibility index (Phi) is 5.18. The first-order valence-corrected chi connectivity index (χ1v) is 8.33. The van der Waals surface area contributed by atoms with Crippen molar-refractivity contribution in [1.29, 1.82) is 0 Å². The quantitative estimate of drug-likeness (QED) is 0.820. The molecule has 23 heavy (non-hydrogen) atoms. The zero-order chi connectivity index (χ0) is 16.1. The van der Waals surface area contributed by atoms with Crippen LogP contribution in [0.4, 0.5) is 5.95 Å². The van der Waals surface area contributed by atoms with E-state index in [9.17, 15) is 0 Å². The Morgan fingerprint density at radius 2 is 1.87 bits per heavy atom. The topological polar surface area (TPSA) is 45.2 Å². The summed E-state index contributed by atoms with van der Waals surface area (Å²) in [4.78, 5) is 17.4. The third-order valence-corrected chi connectivity index (χ3v) is 4.49. The molecule has 122 valence electrons. The predicted molar refractivity (Wildman–Crippen MR) is 92.3 cm³/mol. The van der Waals surface area contributed by atoms with Gasteiger partial charge in [0.2, 0.25) is 5.95 Å². The maximum absolute atomic E-state index is 4.42. The first-order chi connectivity index (χ1) is 11.2. The number of hydrogen-bond donors (Lipinski definition) is 0. The molecule has 0 amide bonds. The molecule has 0 saturated carbocycles. The molecule has 0 spiro atoms. The first kappa shape index (κ1) is 15.9. The third-order valence-electron chi connectivity index (χ3n) is 4.49. The number of nitrogens with zero attached hydrogens (tertiary/aromatic N) is 5. The van der Waals surface area contributed by atoms with Crippen molar-refractivity contribution in [3.63, 3.8) is 0 Å². The van der Waals surface area contributed by atoms with E-state index < -0.39 is 0 Å². The van der Waals surface area contributed by atoms with Crippen LogP contribution in [0.3, 0.4) is 0 Å². The fourth-order valence-electron chi connectivity index (χ4n) is 3.21. The van der Waals surface area contributed by atoms with Gasteiger partial charge in [0.1, 0.15) is 0 Å². The number of aryl methyl sites for hydroxylation is 1. The van der Waals surface area contributed by atoms with Crippen LogP contribution in [0.2, 0.25) is 0 Å². The van der Waals surface area contributed by atoms with Crippen LogP contribution in [0.25, 0.3) is 0 Å². The smallest absolute Gasteiger partial charge is 0.224 e. The third kappa shape index (κ3) is 4.26. The molecule has 5 nitrogen and oxygen atoms in total. The number of hydrogen-bond acceptors (Lipinski definition) is 5. The summed E-state index contributed by atoms with van der Waals surface area (Å²) >= 11 is 0. The minimum Gasteiger partial charge on any atom is -0.347 e. The molecule has 0 N–H and O–H groups in total. The highest BCUT2D eigenvalue weighted by Crippen LogP contribution is 2.23. The van der Waals surface area contributed by atoms with Crippen LogP contribution < -0.4 is 4.90 Å². The molecule has 5 heteroatoms. The summed E-state index contributed by atoms with van der Waals surface area (Å²) in [5, 5.41) is 0. The number of rotatable bonds is 6. The molecule has 3 rings (SSSR count). The van der Waals surface area contributed by atoms with Crippen LogP contribution in [0.15, 0.2) is 36.9 Å². The van der Waals surface area contributed by atoms with Gasteiger partial charge < -0.3 is 4.90 Å². The number of aromatic nitrogens is 3. The van der Waals surface area contributed by atoms with Crippen molar-refractivity contribution in [2.75, 3.05) is 25.5 Å². The van der Waals surface area contributed by atoms with E-state index in [1.807, 2.05) is 43.8 Å². The highest BCUT2D eigenvalue weighted by Gasteiger charge is 2.24. The van der Waals surface area contributed by atoms with Crippen LogP contribution in [0.5, 0.6) is 0 Å². The van der Waals surface area contributed by atoms with Crippen LogP contribution >= 0.6 is 0 Å². The maximum Gasteiger partial charge on any atom is 0.224 e. The van der Waals surface area contributed by atoms with Gasteiger partial charge >= 0.3 is 0 Å². The van der Waals surface area contributed by atoms with Gasteiger partial charge in [0.15, 0.2) is 0 Å². The van der Waals surface area contributed by atoms with Crippen molar-refractivity contribution < 1.29 is 0 Å². The summed E-state index contributed by atoms with van der Waals surface area (Å²) in [6, 6.07) is 4.90. The number of anilines is 1. The predicted octanol–water partition coefficient (Wildman–Crippen LogP) is 2.53. The van der Waals surface area contributed by atoms with E-state index >= 15 is 0 Å². The molecule has 1 saturated heterocycles. The van der Waals surface area contributed by atoms with Gasteiger partial charge in [-0.1, -0.05) is 0 Å². The highest BCUT2D eigenvalue weighted by molar-refractivity contribution is 5.26. The van der Waals surface area contributed by atoms with Crippen molar-refractivity contribution in [3.8, 4) is 0 Å². The Morgan fingerprint density at radius 1 is 1.13 bits per heavy atom. The summed E-state index contributed by atoms with van der Waals surface area (Å²) in [6.07, 6.45) is 12.6. The molecule has 0 aromatic carbocycles. The summed E-state index contributed by atoms with van der Waals surface area (Å²) < 4.78 is 0. The van der Waals surface area contributed by atoms with Crippen molar-refractivity contribution >= 4 is 5.95 Å². The highest BCUT2D eigenvalue weighted by atomic mass is 15.2. The van der Waals surface area contributed by atoms with E-state index in [1.54, 1.807) is 0 Å². The monoisotopic (exact) mass is 311 g/mol. The molecule has 2 aromatic rings. The van der Waals surface area contributed by atoms with Gasteiger partial charge in [0.25, 0.3) is 0 Å². The molecule has 0 bridgehead atoms. The molecule has 0 radical (unpaired) electrons. The van der Waals surface area contributed by atoms with Crippen molar-refractivity contribution in [2.24, 2.45) is 0 Å². The van der Waals surface area contributed by atoms with E-state index in [0.29, 0.717) is 6.04 Å².